The molecule has 1 saturated carbocycles. The lowest BCUT2D eigenvalue weighted by atomic mass is 9.82. The fourth-order valence-electron chi connectivity index (χ4n) is 1.10. The highest BCUT2D eigenvalue weighted by Crippen LogP contribution is 2.32. The Hall–Kier alpha value is 0.440. The molecule has 1 unspecified atom stereocenters. The Labute approximate surface area is 90.4 Å². The number of rotatable bonds is 6. The highest BCUT2D eigenvalue weighted by molar-refractivity contribution is 9.09. The molecule has 78 valence electrons. The average Bonchev–Trinajstić information content (AvgIpc) is 2.87. The van der Waals surface area contributed by atoms with Gasteiger partial charge in [-0.3, -0.25) is 0 Å². The molecule has 1 nitrogen and oxygen atoms in total. The zero-order valence-electron chi connectivity index (χ0n) is 8.98. The van der Waals surface area contributed by atoms with E-state index >= 15 is 0 Å². The van der Waals surface area contributed by atoms with Crippen LogP contribution in [0.4, 0.5) is 0 Å². The van der Waals surface area contributed by atoms with Gasteiger partial charge in [0, 0.05) is 17.4 Å². The number of ether oxygens (including phenoxy) is 1. The van der Waals surface area contributed by atoms with Crippen LogP contribution in [0.5, 0.6) is 0 Å². The lowest BCUT2D eigenvalue weighted by molar-refractivity contribution is 0.0357. The van der Waals surface area contributed by atoms with Crippen LogP contribution < -0.4 is 0 Å². The number of hydrogen-bond acceptors (Lipinski definition) is 1. The van der Waals surface area contributed by atoms with E-state index in [1.54, 1.807) is 0 Å². The zero-order chi connectivity index (χ0) is 9.90. The lowest BCUT2D eigenvalue weighted by Gasteiger charge is -2.31. The van der Waals surface area contributed by atoms with E-state index in [-0.39, 0.29) is 0 Å². The van der Waals surface area contributed by atoms with Gasteiger partial charge in [-0.05, 0) is 24.7 Å². The van der Waals surface area contributed by atoms with Crippen molar-refractivity contribution in [3.8, 4) is 0 Å². The Morgan fingerprint density at radius 2 is 2.08 bits per heavy atom. The van der Waals surface area contributed by atoms with E-state index in [9.17, 15) is 0 Å². The van der Waals surface area contributed by atoms with Crippen molar-refractivity contribution in [2.24, 2.45) is 17.3 Å². The van der Waals surface area contributed by atoms with Gasteiger partial charge in [0.05, 0.1) is 6.61 Å². The first-order chi connectivity index (χ1) is 6.08. The van der Waals surface area contributed by atoms with E-state index in [0.717, 1.165) is 24.5 Å². The summed E-state index contributed by atoms with van der Waals surface area (Å²) in [4.78, 5) is 0. The quantitative estimate of drug-likeness (QED) is 0.655. The summed E-state index contributed by atoms with van der Waals surface area (Å²) >= 11 is 3.58. The van der Waals surface area contributed by atoms with Gasteiger partial charge in [-0.2, -0.15) is 0 Å². The largest absolute Gasteiger partial charge is 0.381 e. The average molecular weight is 249 g/mol. The Kier molecular flexibility index (Phi) is 4.24. The molecule has 0 heterocycles. The maximum absolute atomic E-state index is 5.74. The Morgan fingerprint density at radius 1 is 1.46 bits per heavy atom. The Bertz CT molecular complexity index is 154. The van der Waals surface area contributed by atoms with E-state index in [2.05, 4.69) is 36.7 Å². The van der Waals surface area contributed by atoms with E-state index in [1.807, 2.05) is 0 Å². The van der Waals surface area contributed by atoms with E-state index in [0.29, 0.717) is 11.3 Å². The molecule has 0 saturated heterocycles. The molecule has 1 atom stereocenters. The molecule has 13 heavy (non-hydrogen) atoms. The lowest BCUT2D eigenvalue weighted by Crippen LogP contribution is -2.31. The molecule has 0 aromatic carbocycles. The molecule has 0 aliphatic heterocycles. The smallest absolute Gasteiger partial charge is 0.0530 e. The number of hydrogen-bond donors (Lipinski definition) is 0. The van der Waals surface area contributed by atoms with Gasteiger partial charge in [-0.25, -0.2) is 0 Å². The summed E-state index contributed by atoms with van der Waals surface area (Å²) in [6, 6.07) is 0. The molecule has 1 aliphatic carbocycles. The second-order valence-corrected chi connectivity index (χ2v) is 5.46. The van der Waals surface area contributed by atoms with Gasteiger partial charge in [0.15, 0.2) is 0 Å². The van der Waals surface area contributed by atoms with E-state index in [1.165, 1.54) is 12.8 Å². The van der Waals surface area contributed by atoms with E-state index < -0.39 is 0 Å². The summed E-state index contributed by atoms with van der Waals surface area (Å²) in [6.07, 6.45) is 2.76. The fourth-order valence-corrected chi connectivity index (χ4v) is 1.91. The van der Waals surface area contributed by atoms with Gasteiger partial charge < -0.3 is 4.74 Å². The minimum Gasteiger partial charge on any atom is -0.381 e. The molecule has 0 bridgehead atoms. The molecule has 1 aliphatic rings. The predicted octanol–water partition coefficient (Wildman–Crippen LogP) is 3.47. The molecule has 2 heteroatoms. The minimum absolute atomic E-state index is 0.300. The molecule has 0 radical (unpaired) electrons. The third kappa shape index (κ3) is 3.59. The predicted molar refractivity (Wildman–Crippen MR) is 60.3 cm³/mol. The topological polar surface area (TPSA) is 9.23 Å². The first kappa shape index (κ1) is 11.5. The van der Waals surface area contributed by atoms with Gasteiger partial charge >= 0.3 is 0 Å². The maximum Gasteiger partial charge on any atom is 0.0530 e. The van der Waals surface area contributed by atoms with Gasteiger partial charge in [0.25, 0.3) is 0 Å². The summed E-state index contributed by atoms with van der Waals surface area (Å²) in [7, 11) is 0. The van der Waals surface area contributed by atoms with Crippen molar-refractivity contribution in [1.82, 2.24) is 0 Å². The summed E-state index contributed by atoms with van der Waals surface area (Å²) in [5.41, 5.74) is 0.300. The molecule has 0 aromatic rings. The third-order valence-electron chi connectivity index (χ3n) is 3.18. The zero-order valence-corrected chi connectivity index (χ0v) is 10.6. The van der Waals surface area contributed by atoms with Crippen LogP contribution in [0.25, 0.3) is 0 Å². The minimum atomic E-state index is 0.300. The highest BCUT2D eigenvalue weighted by atomic mass is 79.9. The summed E-state index contributed by atoms with van der Waals surface area (Å²) in [5.74, 6) is 1.55. The molecule has 0 spiro atoms. The fraction of sp³-hybridized carbons (Fsp3) is 1.00. The first-order valence-electron chi connectivity index (χ1n) is 5.22. The molecule has 0 N–H and O–H groups in total. The summed E-state index contributed by atoms with van der Waals surface area (Å²) < 4.78 is 5.74. The van der Waals surface area contributed by atoms with Crippen LogP contribution in [0.1, 0.15) is 33.6 Å². The standard InChI is InChI=1S/C11H21BrO/c1-9(2)11(3,7-12)8-13-6-10-4-5-10/h9-10H,4-8H2,1-3H3. The molecule has 1 fully saturated rings. The van der Waals surface area contributed by atoms with Crippen molar-refractivity contribution in [2.75, 3.05) is 18.5 Å². The maximum atomic E-state index is 5.74. The van der Waals surface area contributed by atoms with Crippen molar-refractivity contribution < 1.29 is 4.74 Å². The third-order valence-corrected chi connectivity index (χ3v) is 4.46. The number of alkyl halides is 1. The van der Waals surface area contributed by atoms with Crippen molar-refractivity contribution in [2.45, 2.75) is 33.6 Å². The van der Waals surface area contributed by atoms with Crippen LogP contribution in [0.2, 0.25) is 0 Å². The van der Waals surface area contributed by atoms with Crippen LogP contribution in [0.15, 0.2) is 0 Å². The van der Waals surface area contributed by atoms with Crippen molar-refractivity contribution in [3.63, 3.8) is 0 Å². The van der Waals surface area contributed by atoms with Gasteiger partial charge in [0.2, 0.25) is 0 Å². The number of halogens is 1. The molecular weight excluding hydrogens is 228 g/mol. The van der Waals surface area contributed by atoms with Crippen LogP contribution in [0.3, 0.4) is 0 Å². The van der Waals surface area contributed by atoms with Crippen LogP contribution in [-0.2, 0) is 4.74 Å². The molecular formula is C11H21BrO. The van der Waals surface area contributed by atoms with Gasteiger partial charge in [-0.1, -0.05) is 36.7 Å². The molecule has 1 rings (SSSR count). The Morgan fingerprint density at radius 3 is 2.46 bits per heavy atom. The SMILES string of the molecule is CC(C)C(C)(CBr)COCC1CC1. The normalized spacial score (nSPS) is 21.9. The molecule has 0 amide bonds. The van der Waals surface area contributed by atoms with Gasteiger partial charge in [0.1, 0.15) is 0 Å². The van der Waals surface area contributed by atoms with Crippen LogP contribution >= 0.6 is 15.9 Å². The Balaban J connectivity index is 2.20. The van der Waals surface area contributed by atoms with Crippen molar-refractivity contribution in [1.29, 1.82) is 0 Å². The van der Waals surface area contributed by atoms with E-state index in [4.69, 9.17) is 4.74 Å². The summed E-state index contributed by atoms with van der Waals surface area (Å²) in [5, 5.41) is 1.03. The van der Waals surface area contributed by atoms with Gasteiger partial charge in [-0.15, -0.1) is 0 Å². The highest BCUT2D eigenvalue weighted by Gasteiger charge is 2.29. The summed E-state index contributed by atoms with van der Waals surface area (Å²) in [6.45, 7) is 8.70. The monoisotopic (exact) mass is 248 g/mol. The van der Waals surface area contributed by atoms with Crippen molar-refractivity contribution in [3.05, 3.63) is 0 Å². The van der Waals surface area contributed by atoms with Crippen molar-refractivity contribution >= 4 is 15.9 Å². The van der Waals surface area contributed by atoms with Crippen LogP contribution in [0, 0.1) is 17.3 Å². The second kappa shape index (κ2) is 4.79. The first-order valence-corrected chi connectivity index (χ1v) is 6.34. The molecule has 0 aromatic heterocycles. The van der Waals surface area contributed by atoms with Crippen LogP contribution in [-0.4, -0.2) is 18.5 Å². The second-order valence-electron chi connectivity index (χ2n) is 4.90.